The van der Waals surface area contributed by atoms with Crippen molar-refractivity contribution in [2.45, 2.75) is 31.4 Å². The van der Waals surface area contributed by atoms with E-state index in [-0.39, 0.29) is 5.82 Å². The summed E-state index contributed by atoms with van der Waals surface area (Å²) in [6.45, 7) is 2.96. The highest BCUT2D eigenvalue weighted by Gasteiger charge is 2.42. The summed E-state index contributed by atoms with van der Waals surface area (Å²) in [6.07, 6.45) is 2.11. The van der Waals surface area contributed by atoms with E-state index >= 15 is 0 Å². The number of carbonyl (C=O) groups excluding carboxylic acids is 1. The zero-order chi connectivity index (χ0) is 17.0. The molecule has 2 atom stereocenters. The summed E-state index contributed by atoms with van der Waals surface area (Å²) in [5.41, 5.74) is 2.03. The maximum absolute atomic E-state index is 13.6. The van der Waals surface area contributed by atoms with Gasteiger partial charge in [-0.2, -0.15) is 0 Å². The number of halogens is 1. The molecule has 0 bridgehead atoms. The Kier molecular flexibility index (Phi) is 5.07. The van der Waals surface area contributed by atoms with E-state index in [1.165, 1.54) is 6.07 Å². The van der Waals surface area contributed by atoms with Gasteiger partial charge in [0, 0.05) is 19.4 Å². The molecule has 1 aliphatic heterocycles. The van der Waals surface area contributed by atoms with Crippen molar-refractivity contribution in [2.75, 3.05) is 13.2 Å². The number of hydrogen-bond donors (Lipinski definition) is 1. The largest absolute Gasteiger partial charge is 0.371 e. The molecule has 0 amide bonds. The van der Waals surface area contributed by atoms with E-state index in [4.69, 9.17) is 4.74 Å². The molecule has 126 valence electrons. The average Bonchev–Trinajstić information content (AvgIpc) is 2.59. The molecule has 2 aromatic carbocycles. The Hall–Kier alpha value is -2.04. The molecule has 24 heavy (non-hydrogen) atoms. The molecular weight excluding hydrogens is 305 g/mol. The molecular formula is C20H22FNO2. The summed E-state index contributed by atoms with van der Waals surface area (Å²) in [4.78, 5) is 11.7. The van der Waals surface area contributed by atoms with E-state index in [1.807, 2.05) is 36.4 Å². The fourth-order valence-electron chi connectivity index (χ4n) is 3.40. The van der Waals surface area contributed by atoms with Crippen molar-refractivity contribution in [3.05, 3.63) is 71.0 Å². The SMILES string of the molecule is Cc1cc(CC2(Cc3ccccc3)OCCNC2C=O)ccc1F. The lowest BCUT2D eigenvalue weighted by molar-refractivity contribution is -0.129. The number of aryl methyl sites for hydroxylation is 1. The van der Waals surface area contributed by atoms with Crippen LogP contribution in [-0.2, 0) is 22.4 Å². The Labute approximate surface area is 141 Å². The lowest BCUT2D eigenvalue weighted by Gasteiger charge is -2.42. The van der Waals surface area contributed by atoms with Crippen LogP contribution in [0.3, 0.4) is 0 Å². The maximum Gasteiger partial charge on any atom is 0.139 e. The molecule has 1 N–H and O–H groups in total. The third-order valence-electron chi connectivity index (χ3n) is 4.63. The van der Waals surface area contributed by atoms with Gasteiger partial charge in [-0.15, -0.1) is 0 Å². The predicted octanol–water partition coefficient (Wildman–Crippen LogP) is 2.85. The Morgan fingerprint density at radius 1 is 1.21 bits per heavy atom. The van der Waals surface area contributed by atoms with Gasteiger partial charge in [-0.25, -0.2) is 4.39 Å². The zero-order valence-corrected chi connectivity index (χ0v) is 13.8. The molecule has 2 unspecified atom stereocenters. The molecule has 0 spiro atoms. The first-order chi connectivity index (χ1) is 11.6. The fraction of sp³-hybridized carbons (Fsp3) is 0.350. The number of morpholine rings is 1. The number of ether oxygens (including phenoxy) is 1. The van der Waals surface area contributed by atoms with E-state index in [9.17, 15) is 9.18 Å². The lowest BCUT2D eigenvalue weighted by atomic mass is 9.81. The predicted molar refractivity (Wildman–Crippen MR) is 91.5 cm³/mol. The van der Waals surface area contributed by atoms with Gasteiger partial charge in [0.15, 0.2) is 0 Å². The van der Waals surface area contributed by atoms with Gasteiger partial charge < -0.3 is 14.8 Å². The first-order valence-electron chi connectivity index (χ1n) is 8.24. The molecule has 1 fully saturated rings. The Balaban J connectivity index is 1.94. The molecule has 0 aliphatic carbocycles. The van der Waals surface area contributed by atoms with Crippen LogP contribution in [0.4, 0.5) is 4.39 Å². The van der Waals surface area contributed by atoms with E-state index in [0.717, 1.165) is 17.4 Å². The summed E-state index contributed by atoms with van der Waals surface area (Å²) in [5.74, 6) is -0.217. The van der Waals surface area contributed by atoms with Crippen LogP contribution in [0, 0.1) is 12.7 Å². The maximum atomic E-state index is 13.6. The van der Waals surface area contributed by atoms with Crippen molar-refractivity contribution in [3.8, 4) is 0 Å². The standard InChI is InChI=1S/C20H22FNO2/c1-15-11-17(7-8-18(15)21)13-20(12-16-5-3-2-4-6-16)19(14-23)22-9-10-24-20/h2-8,11,14,19,22H,9-10,12-13H2,1H3. The quantitative estimate of drug-likeness (QED) is 0.858. The van der Waals surface area contributed by atoms with Crippen molar-refractivity contribution >= 4 is 6.29 Å². The Morgan fingerprint density at radius 3 is 2.67 bits per heavy atom. The van der Waals surface area contributed by atoms with Crippen molar-refractivity contribution in [3.63, 3.8) is 0 Å². The van der Waals surface area contributed by atoms with E-state index < -0.39 is 11.6 Å². The second-order valence-electron chi connectivity index (χ2n) is 6.40. The van der Waals surface area contributed by atoms with Gasteiger partial charge in [0.25, 0.3) is 0 Å². The monoisotopic (exact) mass is 327 g/mol. The lowest BCUT2D eigenvalue weighted by Crippen LogP contribution is -2.61. The van der Waals surface area contributed by atoms with Crippen LogP contribution in [0.2, 0.25) is 0 Å². The highest BCUT2D eigenvalue weighted by atomic mass is 19.1. The minimum atomic E-state index is -0.661. The van der Waals surface area contributed by atoms with Gasteiger partial charge in [-0.1, -0.05) is 42.5 Å². The molecule has 1 saturated heterocycles. The van der Waals surface area contributed by atoms with Crippen molar-refractivity contribution in [1.82, 2.24) is 5.32 Å². The molecule has 3 rings (SSSR count). The van der Waals surface area contributed by atoms with Gasteiger partial charge in [0.05, 0.1) is 18.2 Å². The van der Waals surface area contributed by atoms with Crippen LogP contribution in [0.1, 0.15) is 16.7 Å². The van der Waals surface area contributed by atoms with Crippen LogP contribution >= 0.6 is 0 Å². The Bertz CT molecular complexity index is 704. The average molecular weight is 327 g/mol. The number of carbonyl (C=O) groups is 1. The van der Waals surface area contributed by atoms with Crippen molar-refractivity contribution in [1.29, 1.82) is 0 Å². The third-order valence-corrected chi connectivity index (χ3v) is 4.63. The van der Waals surface area contributed by atoms with E-state index in [1.54, 1.807) is 13.0 Å². The second-order valence-corrected chi connectivity index (χ2v) is 6.40. The fourth-order valence-corrected chi connectivity index (χ4v) is 3.40. The first kappa shape index (κ1) is 16.8. The summed E-state index contributed by atoms with van der Waals surface area (Å²) in [7, 11) is 0. The molecule has 3 nitrogen and oxygen atoms in total. The molecule has 1 aliphatic rings. The van der Waals surface area contributed by atoms with Crippen LogP contribution in [-0.4, -0.2) is 31.1 Å². The highest BCUT2D eigenvalue weighted by molar-refractivity contribution is 5.61. The number of nitrogens with one attached hydrogen (secondary N) is 1. The summed E-state index contributed by atoms with van der Waals surface area (Å²) in [5, 5.41) is 3.26. The van der Waals surface area contributed by atoms with Gasteiger partial charge >= 0.3 is 0 Å². The normalized spacial score (nSPS) is 23.8. The molecule has 1 heterocycles. The summed E-state index contributed by atoms with van der Waals surface area (Å²) >= 11 is 0. The minimum Gasteiger partial charge on any atom is -0.371 e. The van der Waals surface area contributed by atoms with Gasteiger partial charge in [0.2, 0.25) is 0 Å². The van der Waals surface area contributed by atoms with Crippen LogP contribution < -0.4 is 5.32 Å². The third kappa shape index (κ3) is 3.55. The first-order valence-corrected chi connectivity index (χ1v) is 8.24. The minimum absolute atomic E-state index is 0.217. The zero-order valence-electron chi connectivity index (χ0n) is 13.8. The molecule has 0 saturated carbocycles. The van der Waals surface area contributed by atoms with Gasteiger partial charge in [-0.3, -0.25) is 0 Å². The summed E-state index contributed by atoms with van der Waals surface area (Å²) < 4.78 is 19.7. The summed E-state index contributed by atoms with van der Waals surface area (Å²) in [6, 6.07) is 14.7. The smallest absolute Gasteiger partial charge is 0.139 e. The molecule has 4 heteroatoms. The van der Waals surface area contributed by atoms with Crippen LogP contribution in [0.15, 0.2) is 48.5 Å². The molecule has 2 aromatic rings. The van der Waals surface area contributed by atoms with Gasteiger partial charge in [0.1, 0.15) is 12.1 Å². The number of hydrogen-bond acceptors (Lipinski definition) is 3. The van der Waals surface area contributed by atoms with Crippen LogP contribution in [0.25, 0.3) is 0 Å². The molecule has 0 radical (unpaired) electrons. The van der Waals surface area contributed by atoms with Gasteiger partial charge in [-0.05, 0) is 29.7 Å². The number of aldehydes is 1. The van der Waals surface area contributed by atoms with E-state index in [2.05, 4.69) is 5.32 Å². The Morgan fingerprint density at radius 2 is 1.96 bits per heavy atom. The highest BCUT2D eigenvalue weighted by Crippen LogP contribution is 2.29. The van der Waals surface area contributed by atoms with Crippen molar-refractivity contribution < 1.29 is 13.9 Å². The number of benzene rings is 2. The van der Waals surface area contributed by atoms with Crippen LogP contribution in [0.5, 0.6) is 0 Å². The molecule has 0 aromatic heterocycles. The van der Waals surface area contributed by atoms with Crippen molar-refractivity contribution in [2.24, 2.45) is 0 Å². The second kappa shape index (κ2) is 7.24. The topological polar surface area (TPSA) is 38.3 Å². The number of rotatable bonds is 5. The van der Waals surface area contributed by atoms with E-state index in [0.29, 0.717) is 31.6 Å².